The van der Waals surface area contributed by atoms with Crippen LogP contribution in [0, 0.1) is 0 Å². The molecule has 0 unspecified atom stereocenters. The number of rotatable bonds is 22. The van der Waals surface area contributed by atoms with Gasteiger partial charge in [0, 0.05) is 58.0 Å². The number of carbonyl (C=O) groups is 10. The van der Waals surface area contributed by atoms with Gasteiger partial charge in [0.05, 0.1) is 0 Å². The Morgan fingerprint density at radius 1 is 0.540 bits per heavy atom. The van der Waals surface area contributed by atoms with Crippen LogP contribution in [0.5, 0.6) is 5.75 Å². The molecule has 2 aromatic rings. The summed E-state index contributed by atoms with van der Waals surface area (Å²) in [5.41, 5.74) is -2.08. The smallest absolute Gasteiger partial charge is 0.408 e. The van der Waals surface area contributed by atoms with Crippen LogP contribution >= 0.6 is 0 Å². The quantitative estimate of drug-likeness (QED) is 0.0480. The predicted molar refractivity (Wildman–Crippen MR) is 324 cm³/mol. The zero-order chi connectivity index (χ0) is 65.5. The van der Waals surface area contributed by atoms with E-state index in [2.05, 4.69) is 53.2 Å². The van der Waals surface area contributed by atoms with Gasteiger partial charge in [0.2, 0.25) is 29.5 Å². The minimum Gasteiger partial charge on any atom is -0.508 e. The van der Waals surface area contributed by atoms with Crippen molar-refractivity contribution in [1.29, 1.82) is 0 Å². The molecule has 87 heavy (non-hydrogen) atoms. The zero-order valence-electron chi connectivity index (χ0n) is 53.4. The standard InChI is InChI=1S/C61H96N10O16/c1-57(2,3)83-52(78)64-28-18-23-42(48(74)63-27-17-22-41(67-55(81)86-60(10,11)12)36-47(73)62-30-31-66-54(80)85-59(7,8)9)68-50(76)44-33-37-20-16-21-38(32-37)39-25-26-46(72)40(34-39)35-45(71-56(82)87-61(13,14)15)51(77)69-43(49(75)70-44)24-19-29-65-53(79)84-58(4,5)6/h16,20-21,25-26,32,34,41-45,72H,17-19,22-24,27-31,33,35-36H2,1-15H3,(H,62,73)(H,63,74)(H,64,78)(H,65,79)(H,66,80)(H,67,81)(H,68,76)(H,69,77)(H,70,75)(H,71,82)/t41-,42-,43-,44-,45-/m0/s1. The topological polar surface area (TPSA) is 357 Å². The summed E-state index contributed by atoms with van der Waals surface area (Å²) >= 11 is 0. The van der Waals surface area contributed by atoms with Crippen molar-refractivity contribution in [3.8, 4) is 16.9 Å². The van der Waals surface area contributed by atoms with Crippen molar-refractivity contribution < 1.29 is 76.7 Å². The van der Waals surface area contributed by atoms with Gasteiger partial charge in [-0.05, 0) is 177 Å². The average Bonchev–Trinajstić information content (AvgIpc) is 3.15. The van der Waals surface area contributed by atoms with Crippen LogP contribution in [-0.2, 0) is 60.5 Å². The number of alkyl carbamates (subject to hydrolysis) is 5. The first-order valence-corrected chi connectivity index (χ1v) is 29.5. The lowest BCUT2D eigenvalue weighted by atomic mass is 9.95. The van der Waals surface area contributed by atoms with Crippen LogP contribution in [0.25, 0.3) is 11.1 Å². The van der Waals surface area contributed by atoms with E-state index in [0.717, 1.165) is 0 Å². The molecule has 0 aromatic heterocycles. The molecule has 0 saturated heterocycles. The van der Waals surface area contributed by atoms with Crippen molar-refractivity contribution in [2.24, 2.45) is 0 Å². The molecule has 2 aromatic carbocycles. The van der Waals surface area contributed by atoms with Gasteiger partial charge in [-0.25, -0.2) is 24.0 Å². The van der Waals surface area contributed by atoms with Crippen molar-refractivity contribution in [2.45, 2.75) is 220 Å². The van der Waals surface area contributed by atoms with E-state index in [1.165, 1.54) is 6.07 Å². The van der Waals surface area contributed by atoms with Gasteiger partial charge in [0.1, 0.15) is 57.9 Å². The van der Waals surface area contributed by atoms with Gasteiger partial charge in [-0.1, -0.05) is 30.3 Å². The van der Waals surface area contributed by atoms with Gasteiger partial charge in [-0.3, -0.25) is 24.0 Å². The average molecular weight is 1230 g/mol. The number of amides is 10. The molecule has 3 rings (SSSR count). The maximum atomic E-state index is 14.9. The summed E-state index contributed by atoms with van der Waals surface area (Å²) in [7, 11) is 0. The van der Waals surface area contributed by atoms with Crippen molar-refractivity contribution in [2.75, 3.05) is 32.7 Å². The van der Waals surface area contributed by atoms with Gasteiger partial charge < -0.3 is 82.0 Å². The number of hydrogen-bond acceptors (Lipinski definition) is 16. The van der Waals surface area contributed by atoms with Gasteiger partial charge in [0.15, 0.2) is 0 Å². The minimum atomic E-state index is -1.42. The second kappa shape index (κ2) is 33.2. The van der Waals surface area contributed by atoms with Crippen molar-refractivity contribution in [1.82, 2.24) is 53.2 Å². The fraction of sp³-hybridized carbons (Fsp3) is 0.639. The number of fused-ring (bicyclic) bond motifs is 5. The summed E-state index contributed by atoms with van der Waals surface area (Å²) in [5.74, 6) is -3.76. The number of hydrogen-bond donors (Lipinski definition) is 11. The first kappa shape index (κ1) is 73.2. The lowest BCUT2D eigenvalue weighted by molar-refractivity contribution is -0.134. The van der Waals surface area contributed by atoms with E-state index in [0.29, 0.717) is 16.7 Å². The molecule has 1 aliphatic heterocycles. The summed E-state index contributed by atoms with van der Waals surface area (Å²) in [6.45, 7) is 25.5. The molecule has 0 spiro atoms. The maximum absolute atomic E-state index is 14.9. The Morgan fingerprint density at radius 3 is 1.63 bits per heavy atom. The minimum absolute atomic E-state index is 0.00200. The van der Waals surface area contributed by atoms with Crippen LogP contribution < -0.4 is 53.2 Å². The molecule has 26 nitrogen and oxygen atoms in total. The Labute approximate surface area is 511 Å². The molecular weight excluding hydrogens is 1130 g/mol. The second-order valence-electron chi connectivity index (χ2n) is 26.2. The molecular formula is C61H96N10O16. The van der Waals surface area contributed by atoms with E-state index >= 15 is 0 Å². The number of benzene rings is 2. The molecule has 0 fully saturated rings. The maximum Gasteiger partial charge on any atom is 0.408 e. The van der Waals surface area contributed by atoms with Gasteiger partial charge in [-0.15, -0.1) is 0 Å². The summed E-state index contributed by atoms with van der Waals surface area (Å²) in [5, 5.41) is 38.1. The lowest BCUT2D eigenvalue weighted by Gasteiger charge is -2.27. The van der Waals surface area contributed by atoms with E-state index in [-0.39, 0.29) is 102 Å². The summed E-state index contributed by atoms with van der Waals surface area (Å²) in [6, 6.07) is 5.52. The normalized spacial score (nSPS) is 16.4. The molecule has 1 aliphatic rings. The molecule has 26 heteroatoms. The molecule has 0 radical (unpaired) electrons. The molecule has 10 amide bonds. The van der Waals surface area contributed by atoms with Crippen LogP contribution in [0.4, 0.5) is 24.0 Å². The molecule has 1 heterocycles. The molecule has 0 saturated carbocycles. The summed E-state index contributed by atoms with van der Waals surface area (Å²) in [4.78, 5) is 135. The predicted octanol–water partition coefficient (Wildman–Crippen LogP) is 5.94. The Kier molecular flexibility index (Phi) is 27.9. The van der Waals surface area contributed by atoms with E-state index in [9.17, 15) is 53.1 Å². The van der Waals surface area contributed by atoms with Crippen molar-refractivity contribution >= 4 is 60.0 Å². The van der Waals surface area contributed by atoms with E-state index < -0.39 is 118 Å². The Morgan fingerprint density at radius 2 is 1.05 bits per heavy atom. The first-order chi connectivity index (χ1) is 40.2. The molecule has 4 bridgehead atoms. The van der Waals surface area contributed by atoms with Crippen LogP contribution in [0.3, 0.4) is 0 Å². The van der Waals surface area contributed by atoms with Gasteiger partial charge in [-0.2, -0.15) is 0 Å². The highest BCUT2D eigenvalue weighted by atomic mass is 16.6. The van der Waals surface area contributed by atoms with Gasteiger partial charge in [0.25, 0.3) is 0 Å². The number of nitrogens with one attached hydrogen (secondary N) is 10. The van der Waals surface area contributed by atoms with Crippen molar-refractivity contribution in [3.63, 3.8) is 0 Å². The Bertz CT molecular complexity index is 2690. The molecule has 5 atom stereocenters. The second-order valence-corrected chi connectivity index (χ2v) is 26.2. The SMILES string of the molecule is CC(C)(C)OC(=O)NCCC[C@H](NC(=O)[C@@H]1Cc2cccc(c2)-c2ccc(O)c(c2)C[C@H](NC(=O)OC(C)(C)C)C(=O)N[C@@H](CCCNC(=O)OC(C)(C)C)C(=O)N1)C(=O)NCCC[C@@H](CC(=O)NCCNC(=O)OC(C)(C)C)NC(=O)OC(C)(C)C. The largest absolute Gasteiger partial charge is 0.508 e. The first-order valence-electron chi connectivity index (χ1n) is 29.5. The lowest BCUT2D eigenvalue weighted by Crippen LogP contribution is -2.59. The monoisotopic (exact) mass is 1220 g/mol. The zero-order valence-corrected chi connectivity index (χ0v) is 53.4. The van der Waals surface area contributed by atoms with E-state index in [1.807, 2.05) is 0 Å². The number of carbonyl (C=O) groups excluding carboxylic acids is 10. The van der Waals surface area contributed by atoms with Crippen LogP contribution in [0.15, 0.2) is 42.5 Å². The summed E-state index contributed by atoms with van der Waals surface area (Å²) in [6.07, 6.45) is -3.89. The number of aromatic hydroxyl groups is 1. The molecule has 11 N–H and O–H groups in total. The van der Waals surface area contributed by atoms with Gasteiger partial charge >= 0.3 is 30.5 Å². The van der Waals surface area contributed by atoms with Crippen LogP contribution in [-0.4, -0.2) is 156 Å². The molecule has 486 valence electrons. The fourth-order valence-corrected chi connectivity index (χ4v) is 8.47. The number of phenols is 1. The highest BCUT2D eigenvalue weighted by molar-refractivity contribution is 5.95. The third kappa shape index (κ3) is 31.2. The van der Waals surface area contributed by atoms with E-state index in [1.54, 1.807) is 140 Å². The Hall–Kier alpha value is -8.06. The summed E-state index contributed by atoms with van der Waals surface area (Å²) < 4.78 is 26.9. The van der Waals surface area contributed by atoms with Crippen molar-refractivity contribution in [3.05, 3.63) is 53.6 Å². The Balaban J connectivity index is 2.00. The van der Waals surface area contributed by atoms with Crippen LogP contribution in [0.2, 0.25) is 0 Å². The number of ether oxygens (including phenoxy) is 5. The van der Waals surface area contributed by atoms with Crippen LogP contribution in [0.1, 0.15) is 160 Å². The third-order valence-corrected chi connectivity index (χ3v) is 12.1. The fourth-order valence-electron chi connectivity index (χ4n) is 8.47. The van der Waals surface area contributed by atoms with E-state index in [4.69, 9.17) is 23.7 Å². The molecule has 0 aliphatic carbocycles. The third-order valence-electron chi connectivity index (χ3n) is 12.1. The highest BCUT2D eigenvalue weighted by Crippen LogP contribution is 2.29. The number of phenolic OH excluding ortho intramolecular Hbond substituents is 1. The highest BCUT2D eigenvalue weighted by Gasteiger charge is 2.34.